The van der Waals surface area contributed by atoms with Gasteiger partial charge in [-0.3, -0.25) is 0 Å². The van der Waals surface area contributed by atoms with E-state index in [2.05, 4.69) is 18.4 Å². The quantitative estimate of drug-likeness (QED) is 0.345. The molecule has 0 N–H and O–H groups in total. The molecule has 0 amide bonds. The summed E-state index contributed by atoms with van der Waals surface area (Å²) in [5, 5.41) is 0. The van der Waals surface area contributed by atoms with Gasteiger partial charge in [0.05, 0.1) is 13.2 Å². The van der Waals surface area contributed by atoms with Crippen LogP contribution in [0.5, 0.6) is 0 Å². The maximum Gasteiger partial charge on any atom is 0.0647 e. The van der Waals surface area contributed by atoms with Gasteiger partial charge in [-0.25, -0.2) is 0 Å². The van der Waals surface area contributed by atoms with E-state index in [0.29, 0.717) is 13.2 Å². The molecule has 0 heterocycles. The lowest BCUT2D eigenvalue weighted by Gasteiger charge is -1.94. The lowest BCUT2D eigenvalue weighted by molar-refractivity contribution is 0.169. The van der Waals surface area contributed by atoms with Crippen molar-refractivity contribution in [2.24, 2.45) is 0 Å². The Bertz CT molecular complexity index is 181. The van der Waals surface area contributed by atoms with Crippen molar-refractivity contribution in [3.8, 4) is 11.8 Å². The Kier molecular flexibility index (Phi) is 9.17. The third-order valence-corrected chi connectivity index (χ3v) is 1.19. The van der Waals surface area contributed by atoms with Gasteiger partial charge in [0, 0.05) is 12.8 Å². The van der Waals surface area contributed by atoms with E-state index in [0.717, 1.165) is 12.8 Å². The van der Waals surface area contributed by atoms with Crippen molar-refractivity contribution >= 4 is 0 Å². The van der Waals surface area contributed by atoms with Gasteiger partial charge in [0.2, 0.25) is 0 Å². The van der Waals surface area contributed by atoms with Gasteiger partial charge in [-0.2, -0.15) is 0 Å². The average Bonchev–Trinajstić information content (AvgIpc) is 2.10. The van der Waals surface area contributed by atoms with E-state index < -0.39 is 0 Å². The molecule has 0 aliphatic carbocycles. The Balaban J connectivity index is 3.11. The minimum Gasteiger partial charge on any atom is -0.376 e. The summed E-state index contributed by atoms with van der Waals surface area (Å²) in [6.07, 6.45) is 7.34. The van der Waals surface area contributed by atoms with Crippen LogP contribution in [0.15, 0.2) is 24.8 Å². The topological polar surface area (TPSA) is 9.23 Å². The van der Waals surface area contributed by atoms with Gasteiger partial charge in [0.1, 0.15) is 0 Å². The third-order valence-electron chi connectivity index (χ3n) is 1.19. The van der Waals surface area contributed by atoms with Crippen molar-refractivity contribution in [2.75, 3.05) is 13.2 Å². The highest BCUT2D eigenvalue weighted by atomic mass is 16.5. The van der Waals surface area contributed by atoms with Crippen LogP contribution in [-0.4, -0.2) is 13.2 Å². The van der Waals surface area contributed by atoms with Gasteiger partial charge in [0.15, 0.2) is 0 Å². The molecule has 0 aromatic heterocycles. The molecule has 1 heteroatoms. The van der Waals surface area contributed by atoms with Crippen molar-refractivity contribution in [3.63, 3.8) is 0 Å². The van der Waals surface area contributed by atoms with Crippen LogP contribution in [0.1, 0.15) is 19.8 Å². The molecular weight excluding hydrogens is 148 g/mol. The summed E-state index contributed by atoms with van der Waals surface area (Å²) >= 11 is 0. The number of allylic oxidation sites excluding steroid dienone is 2. The summed E-state index contributed by atoms with van der Waals surface area (Å²) in [5.74, 6) is 5.95. The van der Waals surface area contributed by atoms with E-state index in [1.165, 1.54) is 0 Å². The average molecular weight is 164 g/mol. The molecule has 0 bridgehead atoms. The number of ether oxygens (including phenoxy) is 1. The second kappa shape index (κ2) is 10.0. The van der Waals surface area contributed by atoms with Crippen LogP contribution in [0.4, 0.5) is 0 Å². The Hall–Kier alpha value is -1.00. The molecule has 0 aromatic carbocycles. The Morgan fingerprint density at radius 2 is 2.25 bits per heavy atom. The molecular formula is C11H16O. The summed E-state index contributed by atoms with van der Waals surface area (Å²) in [6, 6.07) is 0. The van der Waals surface area contributed by atoms with Crippen molar-refractivity contribution in [2.45, 2.75) is 19.8 Å². The second-order valence-electron chi connectivity index (χ2n) is 2.24. The van der Waals surface area contributed by atoms with Crippen LogP contribution in [0, 0.1) is 11.8 Å². The van der Waals surface area contributed by atoms with Crippen molar-refractivity contribution in [1.82, 2.24) is 0 Å². The fraction of sp³-hybridized carbons (Fsp3) is 0.455. The normalized spacial score (nSPS) is 9.42. The SMILES string of the molecule is C=CCC#CCCOCC=CC. The summed E-state index contributed by atoms with van der Waals surface area (Å²) in [5.41, 5.74) is 0. The zero-order valence-electron chi connectivity index (χ0n) is 7.68. The van der Waals surface area contributed by atoms with Crippen LogP contribution in [0.2, 0.25) is 0 Å². The molecule has 0 aliphatic heterocycles. The van der Waals surface area contributed by atoms with Crippen molar-refractivity contribution in [3.05, 3.63) is 24.8 Å². The molecule has 12 heavy (non-hydrogen) atoms. The molecule has 0 spiro atoms. The van der Waals surface area contributed by atoms with Crippen LogP contribution in [0.3, 0.4) is 0 Å². The molecule has 0 aromatic rings. The maximum absolute atomic E-state index is 5.24. The Morgan fingerprint density at radius 1 is 1.42 bits per heavy atom. The van der Waals surface area contributed by atoms with E-state index in [1.54, 1.807) is 6.08 Å². The fourth-order valence-electron chi connectivity index (χ4n) is 0.604. The van der Waals surface area contributed by atoms with Crippen LogP contribution < -0.4 is 0 Å². The summed E-state index contributed by atoms with van der Waals surface area (Å²) < 4.78 is 5.24. The van der Waals surface area contributed by atoms with Crippen LogP contribution >= 0.6 is 0 Å². The van der Waals surface area contributed by atoms with Gasteiger partial charge in [-0.1, -0.05) is 24.1 Å². The molecule has 0 radical (unpaired) electrons. The minimum atomic E-state index is 0.694. The molecule has 0 fully saturated rings. The van der Waals surface area contributed by atoms with Gasteiger partial charge in [-0.05, 0) is 6.92 Å². The lowest BCUT2D eigenvalue weighted by Crippen LogP contribution is -1.92. The molecule has 0 unspecified atom stereocenters. The van der Waals surface area contributed by atoms with E-state index in [-0.39, 0.29) is 0 Å². The smallest absolute Gasteiger partial charge is 0.0647 e. The maximum atomic E-state index is 5.24. The van der Waals surface area contributed by atoms with Crippen molar-refractivity contribution < 1.29 is 4.74 Å². The van der Waals surface area contributed by atoms with E-state index in [9.17, 15) is 0 Å². The minimum absolute atomic E-state index is 0.694. The summed E-state index contributed by atoms with van der Waals surface area (Å²) in [6.45, 7) is 6.97. The highest BCUT2D eigenvalue weighted by Crippen LogP contribution is 1.82. The van der Waals surface area contributed by atoms with Gasteiger partial charge >= 0.3 is 0 Å². The number of rotatable bonds is 5. The molecule has 0 rings (SSSR count). The standard InChI is InChI=1S/C11H16O/c1-3-5-7-8-9-11-12-10-6-4-2/h3-4,6H,1,5,9-11H2,2H3. The summed E-state index contributed by atoms with van der Waals surface area (Å²) in [7, 11) is 0. The fourth-order valence-corrected chi connectivity index (χ4v) is 0.604. The van der Waals surface area contributed by atoms with E-state index >= 15 is 0 Å². The predicted molar refractivity (Wildman–Crippen MR) is 52.8 cm³/mol. The first-order valence-corrected chi connectivity index (χ1v) is 4.17. The predicted octanol–water partition coefficient (Wildman–Crippen LogP) is 2.55. The zero-order chi connectivity index (χ0) is 9.07. The number of hydrogen-bond donors (Lipinski definition) is 0. The summed E-state index contributed by atoms with van der Waals surface area (Å²) in [4.78, 5) is 0. The number of hydrogen-bond acceptors (Lipinski definition) is 1. The Labute approximate surface area is 75.1 Å². The van der Waals surface area contributed by atoms with Gasteiger partial charge in [-0.15, -0.1) is 12.5 Å². The first kappa shape index (κ1) is 11.0. The Morgan fingerprint density at radius 3 is 2.92 bits per heavy atom. The van der Waals surface area contributed by atoms with Crippen LogP contribution in [-0.2, 0) is 4.74 Å². The first-order valence-electron chi connectivity index (χ1n) is 4.17. The van der Waals surface area contributed by atoms with Crippen LogP contribution in [0.25, 0.3) is 0 Å². The highest BCUT2D eigenvalue weighted by Gasteiger charge is 1.79. The highest BCUT2D eigenvalue weighted by molar-refractivity contribution is 5.02. The van der Waals surface area contributed by atoms with E-state index in [4.69, 9.17) is 4.74 Å². The molecule has 0 atom stereocenters. The zero-order valence-corrected chi connectivity index (χ0v) is 7.68. The molecule has 66 valence electrons. The first-order chi connectivity index (χ1) is 5.91. The van der Waals surface area contributed by atoms with Gasteiger partial charge < -0.3 is 4.74 Å². The van der Waals surface area contributed by atoms with Gasteiger partial charge in [0.25, 0.3) is 0 Å². The molecule has 0 saturated carbocycles. The largest absolute Gasteiger partial charge is 0.376 e. The molecule has 1 nitrogen and oxygen atoms in total. The second-order valence-corrected chi connectivity index (χ2v) is 2.24. The van der Waals surface area contributed by atoms with E-state index in [1.807, 2.05) is 19.1 Å². The molecule has 0 saturated heterocycles. The monoisotopic (exact) mass is 164 g/mol. The lowest BCUT2D eigenvalue weighted by atomic mass is 10.4. The van der Waals surface area contributed by atoms with Crippen molar-refractivity contribution in [1.29, 1.82) is 0 Å². The molecule has 0 aliphatic rings. The third kappa shape index (κ3) is 9.00.